The SMILES string of the molecule is CC(C)(C)OC(=O)N1C2CC=C(c3ccc(N)cc3)C1CC2. The number of nitrogens with two attached hydrogens (primary N) is 1. The van der Waals surface area contributed by atoms with Crippen molar-refractivity contribution in [3.05, 3.63) is 35.9 Å². The number of benzene rings is 1. The number of carbonyl (C=O) groups is 1. The number of nitrogen functional groups attached to an aromatic ring is 1. The summed E-state index contributed by atoms with van der Waals surface area (Å²) in [6, 6.07) is 8.29. The van der Waals surface area contributed by atoms with E-state index >= 15 is 0 Å². The monoisotopic (exact) mass is 300 g/mol. The van der Waals surface area contributed by atoms with E-state index in [1.165, 1.54) is 5.57 Å². The summed E-state index contributed by atoms with van der Waals surface area (Å²) in [6.45, 7) is 5.73. The maximum atomic E-state index is 12.6. The maximum absolute atomic E-state index is 12.6. The van der Waals surface area contributed by atoms with E-state index in [1.54, 1.807) is 0 Å². The highest BCUT2D eigenvalue weighted by atomic mass is 16.6. The van der Waals surface area contributed by atoms with Gasteiger partial charge in [-0.2, -0.15) is 0 Å². The number of nitrogens with zero attached hydrogens (tertiary/aromatic N) is 1. The molecule has 2 unspecified atom stereocenters. The fraction of sp³-hybridized carbons (Fsp3) is 0.500. The number of carbonyl (C=O) groups excluding carboxylic acids is 1. The average Bonchev–Trinajstić information content (AvgIpc) is 2.73. The highest BCUT2D eigenvalue weighted by Gasteiger charge is 2.43. The maximum Gasteiger partial charge on any atom is 0.411 e. The van der Waals surface area contributed by atoms with Crippen molar-refractivity contribution < 1.29 is 9.53 Å². The molecule has 0 aromatic heterocycles. The minimum absolute atomic E-state index is 0.122. The van der Waals surface area contributed by atoms with E-state index in [0.717, 1.165) is 30.5 Å². The molecule has 1 fully saturated rings. The third-order valence-electron chi connectivity index (χ3n) is 4.32. The van der Waals surface area contributed by atoms with Crippen LogP contribution in [0, 0.1) is 0 Å². The molecule has 0 aliphatic carbocycles. The Hall–Kier alpha value is -1.97. The fourth-order valence-electron chi connectivity index (χ4n) is 3.40. The lowest BCUT2D eigenvalue weighted by Gasteiger charge is -2.36. The zero-order valence-corrected chi connectivity index (χ0v) is 13.5. The smallest absolute Gasteiger partial charge is 0.411 e. The molecule has 0 saturated carbocycles. The summed E-state index contributed by atoms with van der Waals surface area (Å²) in [5, 5.41) is 0. The number of anilines is 1. The molecule has 1 aromatic carbocycles. The first-order valence-corrected chi connectivity index (χ1v) is 7.92. The number of fused-ring (bicyclic) bond motifs is 2. The van der Waals surface area contributed by atoms with Crippen LogP contribution in [-0.4, -0.2) is 28.7 Å². The van der Waals surface area contributed by atoms with Crippen molar-refractivity contribution in [2.24, 2.45) is 0 Å². The summed E-state index contributed by atoms with van der Waals surface area (Å²) in [7, 11) is 0. The number of ether oxygens (including phenoxy) is 1. The lowest BCUT2D eigenvalue weighted by molar-refractivity contribution is 0.0179. The van der Waals surface area contributed by atoms with Gasteiger partial charge in [-0.3, -0.25) is 4.90 Å². The zero-order chi connectivity index (χ0) is 15.9. The Bertz CT molecular complexity index is 599. The first kappa shape index (κ1) is 14.9. The fourth-order valence-corrected chi connectivity index (χ4v) is 3.40. The molecule has 3 rings (SSSR count). The van der Waals surface area contributed by atoms with Crippen molar-refractivity contribution in [1.82, 2.24) is 4.90 Å². The van der Waals surface area contributed by atoms with E-state index in [0.29, 0.717) is 0 Å². The van der Waals surface area contributed by atoms with Crippen molar-refractivity contribution in [2.75, 3.05) is 5.73 Å². The van der Waals surface area contributed by atoms with Gasteiger partial charge < -0.3 is 10.5 Å². The minimum Gasteiger partial charge on any atom is -0.444 e. The van der Waals surface area contributed by atoms with E-state index in [2.05, 4.69) is 6.08 Å². The standard InChI is InChI=1S/C18H24N2O2/c1-18(2,3)22-17(21)20-14-8-10-15(16(20)11-9-14)12-4-6-13(19)7-5-12/h4-7,10,14,16H,8-9,11,19H2,1-3H3. The van der Waals surface area contributed by atoms with Gasteiger partial charge in [0.25, 0.3) is 0 Å². The van der Waals surface area contributed by atoms with Gasteiger partial charge in [0, 0.05) is 11.7 Å². The van der Waals surface area contributed by atoms with Crippen LogP contribution in [0.25, 0.3) is 5.57 Å². The van der Waals surface area contributed by atoms with Crippen LogP contribution in [0.1, 0.15) is 45.6 Å². The van der Waals surface area contributed by atoms with Gasteiger partial charge >= 0.3 is 6.09 Å². The van der Waals surface area contributed by atoms with Crippen LogP contribution in [0.2, 0.25) is 0 Å². The Kier molecular flexibility index (Phi) is 3.63. The van der Waals surface area contributed by atoms with Gasteiger partial charge in [0.15, 0.2) is 0 Å². The Morgan fingerprint density at radius 3 is 2.55 bits per heavy atom. The van der Waals surface area contributed by atoms with Gasteiger partial charge in [-0.1, -0.05) is 18.2 Å². The Morgan fingerprint density at radius 2 is 1.91 bits per heavy atom. The second kappa shape index (κ2) is 5.34. The van der Waals surface area contributed by atoms with Gasteiger partial charge in [-0.25, -0.2) is 4.79 Å². The summed E-state index contributed by atoms with van der Waals surface area (Å²) in [5.41, 5.74) is 8.44. The van der Waals surface area contributed by atoms with Gasteiger partial charge in [0.2, 0.25) is 0 Å². The van der Waals surface area contributed by atoms with Crippen LogP contribution in [0.5, 0.6) is 0 Å². The molecular weight excluding hydrogens is 276 g/mol. The van der Waals surface area contributed by atoms with E-state index in [4.69, 9.17) is 10.5 Å². The van der Waals surface area contributed by atoms with Crippen LogP contribution in [0.15, 0.2) is 30.3 Å². The lowest BCUT2D eigenvalue weighted by Crippen LogP contribution is -2.46. The highest BCUT2D eigenvalue weighted by molar-refractivity contribution is 5.79. The molecule has 118 valence electrons. The molecule has 1 amide bonds. The van der Waals surface area contributed by atoms with Crippen LogP contribution in [0.4, 0.5) is 10.5 Å². The first-order chi connectivity index (χ1) is 10.3. The topological polar surface area (TPSA) is 55.6 Å². The zero-order valence-electron chi connectivity index (χ0n) is 13.5. The number of rotatable bonds is 1. The minimum atomic E-state index is -0.459. The third kappa shape index (κ3) is 2.82. The summed E-state index contributed by atoms with van der Waals surface area (Å²) < 4.78 is 5.60. The molecular formula is C18H24N2O2. The van der Waals surface area contributed by atoms with Crippen LogP contribution < -0.4 is 5.73 Å². The highest BCUT2D eigenvalue weighted by Crippen LogP contribution is 2.40. The first-order valence-electron chi connectivity index (χ1n) is 7.92. The van der Waals surface area contributed by atoms with Crippen LogP contribution >= 0.6 is 0 Å². The largest absolute Gasteiger partial charge is 0.444 e. The summed E-state index contributed by atoms with van der Waals surface area (Å²) in [4.78, 5) is 14.5. The summed E-state index contributed by atoms with van der Waals surface area (Å²) in [6.07, 6.45) is 5.02. The Morgan fingerprint density at radius 1 is 1.23 bits per heavy atom. The molecule has 0 radical (unpaired) electrons. The van der Waals surface area contributed by atoms with E-state index in [1.807, 2.05) is 49.9 Å². The molecule has 0 spiro atoms. The number of hydrogen-bond acceptors (Lipinski definition) is 3. The molecule has 2 N–H and O–H groups in total. The molecule has 4 nitrogen and oxygen atoms in total. The van der Waals surface area contributed by atoms with Gasteiger partial charge in [0.05, 0.1) is 6.04 Å². The molecule has 2 atom stereocenters. The molecule has 2 aliphatic rings. The van der Waals surface area contributed by atoms with E-state index in [-0.39, 0.29) is 18.2 Å². The molecule has 1 aromatic rings. The van der Waals surface area contributed by atoms with Crippen LogP contribution in [0.3, 0.4) is 0 Å². The molecule has 22 heavy (non-hydrogen) atoms. The van der Waals surface area contributed by atoms with Crippen molar-refractivity contribution in [1.29, 1.82) is 0 Å². The average molecular weight is 300 g/mol. The Balaban J connectivity index is 1.85. The van der Waals surface area contributed by atoms with Gasteiger partial charge in [0.1, 0.15) is 5.60 Å². The van der Waals surface area contributed by atoms with Crippen molar-refractivity contribution in [3.8, 4) is 0 Å². The predicted molar refractivity (Wildman–Crippen MR) is 88.3 cm³/mol. The van der Waals surface area contributed by atoms with Gasteiger partial charge in [-0.05, 0) is 63.3 Å². The van der Waals surface area contributed by atoms with Gasteiger partial charge in [-0.15, -0.1) is 0 Å². The van der Waals surface area contributed by atoms with Crippen molar-refractivity contribution in [3.63, 3.8) is 0 Å². The van der Waals surface area contributed by atoms with E-state index in [9.17, 15) is 4.79 Å². The summed E-state index contributed by atoms with van der Waals surface area (Å²) >= 11 is 0. The van der Waals surface area contributed by atoms with Crippen LogP contribution in [-0.2, 0) is 4.74 Å². The molecule has 2 bridgehead atoms. The number of amides is 1. The normalized spacial score (nSPS) is 24.1. The Labute approximate surface area is 131 Å². The molecule has 2 heterocycles. The molecule has 2 aliphatic heterocycles. The van der Waals surface area contributed by atoms with Crippen molar-refractivity contribution in [2.45, 2.75) is 57.7 Å². The molecule has 4 heteroatoms. The predicted octanol–water partition coefficient (Wildman–Crippen LogP) is 3.82. The molecule has 1 saturated heterocycles. The lowest BCUT2D eigenvalue weighted by atomic mass is 9.94. The summed E-state index contributed by atoms with van der Waals surface area (Å²) in [5.74, 6) is 0. The second-order valence-electron chi connectivity index (χ2n) is 7.15. The number of hydrogen-bond donors (Lipinski definition) is 1. The third-order valence-corrected chi connectivity index (χ3v) is 4.32. The second-order valence-corrected chi connectivity index (χ2v) is 7.15. The van der Waals surface area contributed by atoms with Crippen molar-refractivity contribution >= 4 is 17.4 Å². The quantitative estimate of drug-likeness (QED) is 0.802. The van der Waals surface area contributed by atoms with E-state index < -0.39 is 5.60 Å².